The quantitative estimate of drug-likeness (QED) is 0.295. The predicted octanol–water partition coefficient (Wildman–Crippen LogP) is 7.78. The number of benzene rings is 3. The maximum absolute atomic E-state index is 6.27. The number of thioether (sulfide) groups is 1. The normalized spacial score (nSPS) is 11.0. The second kappa shape index (κ2) is 8.66. The molecule has 0 saturated carbocycles. The zero-order chi connectivity index (χ0) is 19.5. The number of aryl methyl sites for hydroxylation is 1. The summed E-state index contributed by atoms with van der Waals surface area (Å²) in [7, 11) is 0. The fourth-order valence-electron chi connectivity index (χ4n) is 2.80. The molecule has 28 heavy (non-hydrogen) atoms. The molecule has 1 heterocycles. The smallest absolute Gasteiger partial charge is 0.137 e. The van der Waals surface area contributed by atoms with Gasteiger partial charge in [0, 0.05) is 16.3 Å². The van der Waals surface area contributed by atoms with E-state index < -0.39 is 0 Å². The second-order valence-corrected chi connectivity index (χ2v) is 9.40. The molecule has 0 unspecified atom stereocenters. The Labute approximate surface area is 182 Å². The third-order valence-electron chi connectivity index (χ3n) is 4.24. The minimum atomic E-state index is 0.590. The number of hydrogen-bond donors (Lipinski definition) is 0. The number of halogens is 2. The molecule has 2 nitrogen and oxygen atoms in total. The minimum absolute atomic E-state index is 0.590. The fourth-order valence-corrected chi connectivity index (χ4v) is 5.20. The lowest BCUT2D eigenvalue weighted by molar-refractivity contribution is 1.01. The second-order valence-electron chi connectivity index (χ2n) is 6.35. The number of aromatic nitrogens is 2. The molecule has 3 aromatic carbocycles. The molecular weight excluding hydrogens is 427 g/mol. The van der Waals surface area contributed by atoms with Gasteiger partial charge in [0.15, 0.2) is 4.34 Å². The van der Waals surface area contributed by atoms with Crippen LogP contribution in [0.1, 0.15) is 11.1 Å². The first-order valence-electron chi connectivity index (χ1n) is 8.66. The summed E-state index contributed by atoms with van der Waals surface area (Å²) in [6.07, 6.45) is 0. The van der Waals surface area contributed by atoms with Crippen LogP contribution in [0, 0.1) is 6.92 Å². The Morgan fingerprint density at radius 1 is 0.893 bits per heavy atom. The summed E-state index contributed by atoms with van der Waals surface area (Å²) in [5, 5.41) is 10.6. The van der Waals surface area contributed by atoms with Crippen molar-refractivity contribution in [2.75, 3.05) is 0 Å². The van der Waals surface area contributed by atoms with E-state index in [2.05, 4.69) is 65.7 Å². The van der Waals surface area contributed by atoms with Gasteiger partial charge in [-0.1, -0.05) is 100 Å². The summed E-state index contributed by atoms with van der Waals surface area (Å²) in [4.78, 5) is 0. The van der Waals surface area contributed by atoms with Gasteiger partial charge in [-0.25, -0.2) is 0 Å². The molecule has 4 aromatic rings. The Morgan fingerprint density at radius 2 is 1.71 bits per heavy atom. The van der Waals surface area contributed by atoms with Crippen LogP contribution in [-0.2, 0) is 5.75 Å². The van der Waals surface area contributed by atoms with E-state index in [1.54, 1.807) is 29.2 Å². The zero-order valence-electron chi connectivity index (χ0n) is 15.0. The molecule has 1 aromatic heterocycles. The van der Waals surface area contributed by atoms with Crippen LogP contribution in [0.25, 0.3) is 21.7 Å². The Hall–Kier alpha value is -1.85. The highest BCUT2D eigenvalue weighted by Gasteiger charge is 2.11. The number of hydrogen-bond acceptors (Lipinski definition) is 4. The first-order valence-corrected chi connectivity index (χ1v) is 11.2. The van der Waals surface area contributed by atoms with E-state index in [1.807, 2.05) is 12.1 Å². The standard InChI is InChI=1S/C22H16Cl2N2S2/c1-14-3-2-4-17(11-14)16-7-5-15(6-8-16)13-27-22-26-25-21(28-22)19-10-9-18(23)12-20(19)24/h2-12H,13H2,1H3. The molecule has 0 amide bonds. The molecule has 140 valence electrons. The molecular formula is C22H16Cl2N2S2. The maximum atomic E-state index is 6.27. The lowest BCUT2D eigenvalue weighted by atomic mass is 10.0. The summed E-state index contributed by atoms with van der Waals surface area (Å²) in [6, 6.07) is 22.6. The van der Waals surface area contributed by atoms with Crippen molar-refractivity contribution in [3.8, 4) is 21.7 Å². The molecule has 0 aliphatic carbocycles. The van der Waals surface area contributed by atoms with Gasteiger partial charge in [-0.05, 0) is 41.8 Å². The highest BCUT2D eigenvalue weighted by molar-refractivity contribution is 8.00. The highest BCUT2D eigenvalue weighted by atomic mass is 35.5. The third-order valence-corrected chi connectivity index (χ3v) is 6.94. The summed E-state index contributed by atoms with van der Waals surface area (Å²) in [5.41, 5.74) is 5.85. The van der Waals surface area contributed by atoms with Gasteiger partial charge in [0.2, 0.25) is 0 Å². The van der Waals surface area contributed by atoms with Crippen LogP contribution in [0.3, 0.4) is 0 Å². The number of rotatable bonds is 5. The molecule has 4 rings (SSSR count). The first-order chi connectivity index (χ1) is 13.6. The van der Waals surface area contributed by atoms with E-state index in [-0.39, 0.29) is 0 Å². The molecule has 0 radical (unpaired) electrons. The molecule has 0 aliphatic rings. The van der Waals surface area contributed by atoms with Gasteiger partial charge >= 0.3 is 0 Å². The average Bonchev–Trinajstić information content (AvgIpc) is 3.15. The van der Waals surface area contributed by atoms with Crippen molar-refractivity contribution in [1.29, 1.82) is 0 Å². The van der Waals surface area contributed by atoms with Crippen LogP contribution in [0.2, 0.25) is 10.0 Å². The lowest BCUT2D eigenvalue weighted by Crippen LogP contribution is -1.83. The summed E-state index contributed by atoms with van der Waals surface area (Å²) in [5.74, 6) is 0.844. The zero-order valence-corrected chi connectivity index (χ0v) is 18.2. The first kappa shape index (κ1) is 19.5. The molecule has 0 spiro atoms. The minimum Gasteiger partial charge on any atom is -0.137 e. The van der Waals surface area contributed by atoms with Gasteiger partial charge < -0.3 is 0 Å². The van der Waals surface area contributed by atoms with Gasteiger partial charge in [-0.15, -0.1) is 10.2 Å². The maximum Gasteiger partial charge on any atom is 0.174 e. The van der Waals surface area contributed by atoms with Crippen LogP contribution in [0.15, 0.2) is 71.1 Å². The van der Waals surface area contributed by atoms with Crippen molar-refractivity contribution >= 4 is 46.3 Å². The Morgan fingerprint density at radius 3 is 2.46 bits per heavy atom. The Bertz CT molecular complexity index is 1110. The van der Waals surface area contributed by atoms with E-state index in [1.165, 1.54) is 22.3 Å². The molecule has 0 atom stereocenters. The van der Waals surface area contributed by atoms with Crippen molar-refractivity contribution in [2.45, 2.75) is 17.0 Å². The van der Waals surface area contributed by atoms with Crippen molar-refractivity contribution in [1.82, 2.24) is 10.2 Å². The Balaban J connectivity index is 1.43. The SMILES string of the molecule is Cc1cccc(-c2ccc(CSc3nnc(-c4ccc(Cl)cc4Cl)s3)cc2)c1. The van der Waals surface area contributed by atoms with E-state index in [0.29, 0.717) is 10.0 Å². The van der Waals surface area contributed by atoms with E-state index in [4.69, 9.17) is 23.2 Å². The molecule has 0 saturated heterocycles. The molecule has 0 bridgehead atoms. The predicted molar refractivity (Wildman–Crippen MR) is 122 cm³/mol. The van der Waals surface area contributed by atoms with E-state index >= 15 is 0 Å². The lowest BCUT2D eigenvalue weighted by Gasteiger charge is -2.05. The van der Waals surface area contributed by atoms with E-state index in [0.717, 1.165) is 20.7 Å². The van der Waals surface area contributed by atoms with Crippen LogP contribution in [0.4, 0.5) is 0 Å². The summed E-state index contributed by atoms with van der Waals surface area (Å²) >= 11 is 15.5. The van der Waals surface area contributed by atoms with Crippen molar-refractivity contribution < 1.29 is 0 Å². The van der Waals surface area contributed by atoms with Gasteiger partial charge in [-0.3, -0.25) is 0 Å². The van der Waals surface area contributed by atoms with Crippen LogP contribution < -0.4 is 0 Å². The van der Waals surface area contributed by atoms with E-state index in [9.17, 15) is 0 Å². The van der Waals surface area contributed by atoms with Gasteiger partial charge in [0.1, 0.15) is 5.01 Å². The van der Waals surface area contributed by atoms with Crippen molar-refractivity contribution in [3.05, 3.63) is 87.9 Å². The van der Waals surface area contributed by atoms with Gasteiger partial charge in [0.05, 0.1) is 5.02 Å². The molecule has 6 heteroatoms. The highest BCUT2D eigenvalue weighted by Crippen LogP contribution is 2.35. The van der Waals surface area contributed by atoms with Gasteiger partial charge in [0.25, 0.3) is 0 Å². The van der Waals surface area contributed by atoms with Crippen LogP contribution in [0.5, 0.6) is 0 Å². The molecule has 0 aliphatic heterocycles. The Kier molecular flexibility index (Phi) is 6.02. The topological polar surface area (TPSA) is 25.8 Å². The average molecular weight is 443 g/mol. The van der Waals surface area contributed by atoms with Gasteiger partial charge in [-0.2, -0.15) is 0 Å². The molecule has 0 N–H and O–H groups in total. The number of nitrogens with zero attached hydrogens (tertiary/aromatic N) is 2. The van der Waals surface area contributed by atoms with Crippen LogP contribution >= 0.6 is 46.3 Å². The molecule has 0 fully saturated rings. The van der Waals surface area contributed by atoms with Crippen molar-refractivity contribution in [2.24, 2.45) is 0 Å². The largest absolute Gasteiger partial charge is 0.174 e. The summed E-state index contributed by atoms with van der Waals surface area (Å²) < 4.78 is 0.920. The third kappa shape index (κ3) is 4.58. The van der Waals surface area contributed by atoms with Crippen molar-refractivity contribution in [3.63, 3.8) is 0 Å². The fraction of sp³-hybridized carbons (Fsp3) is 0.0909. The van der Waals surface area contributed by atoms with Crippen LogP contribution in [-0.4, -0.2) is 10.2 Å². The summed E-state index contributed by atoms with van der Waals surface area (Å²) in [6.45, 7) is 2.11. The monoisotopic (exact) mass is 442 g/mol.